The molecule has 0 aliphatic heterocycles. The fourth-order valence-electron chi connectivity index (χ4n) is 3.76. The van der Waals surface area contributed by atoms with Crippen LogP contribution in [0.1, 0.15) is 48.6 Å². The van der Waals surface area contributed by atoms with Gasteiger partial charge in [0.25, 0.3) is 0 Å². The average molecular weight is 430 g/mol. The van der Waals surface area contributed by atoms with Crippen LogP contribution in [0.25, 0.3) is 22.2 Å². The Morgan fingerprint density at radius 3 is 2.59 bits per heavy atom. The molecule has 1 aliphatic carbocycles. The Balaban J connectivity index is 1.96. The first-order valence-electron chi connectivity index (χ1n) is 9.05. The molecule has 0 amide bonds. The smallest absolute Gasteiger partial charge is 0.356 e. The minimum atomic E-state index is -0.508. The fourth-order valence-corrected chi connectivity index (χ4v) is 4.03. The van der Waals surface area contributed by atoms with Crippen LogP contribution in [-0.2, 0) is 4.74 Å². The second-order valence-electron chi connectivity index (χ2n) is 6.81. The van der Waals surface area contributed by atoms with Crippen LogP contribution in [0.5, 0.6) is 5.88 Å². The molecule has 1 N–H and O–H groups in total. The first kappa shape index (κ1) is 18.0. The summed E-state index contributed by atoms with van der Waals surface area (Å²) < 4.78 is 7.63. The first-order valence-corrected chi connectivity index (χ1v) is 9.84. The summed E-state index contributed by atoms with van der Waals surface area (Å²) in [6, 6.07) is 9.53. The summed E-state index contributed by atoms with van der Waals surface area (Å²) >= 11 is 3.43. The van der Waals surface area contributed by atoms with Crippen molar-refractivity contribution in [1.29, 1.82) is 0 Å². The standard InChI is InChI=1S/C20H20BrN3O3/c1-27-20(26)16-11-15(12-7-9-13(21)10-8-12)17-18(22-16)24(23-19(17)25)14-5-3-2-4-6-14/h7-11,14H,2-6H2,1H3,(H,23,25). The molecule has 0 atom stereocenters. The van der Waals surface area contributed by atoms with Gasteiger partial charge >= 0.3 is 5.97 Å². The maximum atomic E-state index is 12.2. The summed E-state index contributed by atoms with van der Waals surface area (Å²) in [7, 11) is 1.34. The molecule has 2 aromatic heterocycles. The van der Waals surface area contributed by atoms with E-state index < -0.39 is 5.97 Å². The van der Waals surface area contributed by atoms with Crippen LogP contribution < -0.4 is 0 Å². The number of ether oxygens (including phenoxy) is 1. The zero-order chi connectivity index (χ0) is 19.0. The normalized spacial score (nSPS) is 15.2. The van der Waals surface area contributed by atoms with Crippen LogP contribution in [-0.4, -0.2) is 33.0 Å². The number of carbonyl (C=O) groups is 1. The van der Waals surface area contributed by atoms with E-state index in [0.29, 0.717) is 16.6 Å². The van der Waals surface area contributed by atoms with Gasteiger partial charge in [0.15, 0.2) is 11.3 Å². The lowest BCUT2D eigenvalue weighted by Gasteiger charge is -2.22. The highest BCUT2D eigenvalue weighted by Crippen LogP contribution is 2.38. The van der Waals surface area contributed by atoms with E-state index in [0.717, 1.165) is 35.7 Å². The fraction of sp³-hybridized carbons (Fsp3) is 0.350. The quantitative estimate of drug-likeness (QED) is 0.601. The molecule has 1 aromatic carbocycles. The molecule has 7 heteroatoms. The molecule has 0 bridgehead atoms. The van der Waals surface area contributed by atoms with Crippen LogP contribution >= 0.6 is 15.9 Å². The first-order chi connectivity index (χ1) is 13.1. The van der Waals surface area contributed by atoms with Crippen LogP contribution in [0.3, 0.4) is 0 Å². The van der Waals surface area contributed by atoms with Crippen molar-refractivity contribution in [3.05, 3.63) is 40.5 Å². The predicted octanol–water partition coefficient (Wildman–Crippen LogP) is 4.86. The molecule has 4 rings (SSSR count). The highest BCUT2D eigenvalue weighted by atomic mass is 79.9. The third-order valence-corrected chi connectivity index (χ3v) is 5.64. The van der Waals surface area contributed by atoms with Gasteiger partial charge in [0.2, 0.25) is 5.88 Å². The molecule has 2 heterocycles. The van der Waals surface area contributed by atoms with Gasteiger partial charge in [-0.05, 0) is 36.6 Å². The highest BCUT2D eigenvalue weighted by Gasteiger charge is 2.25. The van der Waals surface area contributed by atoms with Crippen molar-refractivity contribution in [3.8, 4) is 17.0 Å². The van der Waals surface area contributed by atoms with Gasteiger partial charge in [-0.1, -0.05) is 47.3 Å². The van der Waals surface area contributed by atoms with Crippen molar-refractivity contribution >= 4 is 32.9 Å². The maximum Gasteiger partial charge on any atom is 0.356 e. The van der Waals surface area contributed by atoms with E-state index in [4.69, 9.17) is 4.74 Å². The summed E-state index contributed by atoms with van der Waals surface area (Å²) in [5, 5.41) is 15.6. The van der Waals surface area contributed by atoms with Crippen LogP contribution in [0.4, 0.5) is 0 Å². The molecule has 3 aromatic rings. The highest BCUT2D eigenvalue weighted by molar-refractivity contribution is 9.10. The number of pyridine rings is 1. The van der Waals surface area contributed by atoms with Gasteiger partial charge in [-0.15, -0.1) is 5.10 Å². The molecule has 0 radical (unpaired) electrons. The minimum Gasteiger partial charge on any atom is -0.492 e. The molecule has 1 aliphatic rings. The zero-order valence-corrected chi connectivity index (χ0v) is 16.6. The lowest BCUT2D eigenvalue weighted by atomic mass is 9.95. The lowest BCUT2D eigenvalue weighted by Crippen LogP contribution is -2.15. The second-order valence-corrected chi connectivity index (χ2v) is 7.73. The Kier molecular flexibility index (Phi) is 4.86. The number of nitrogens with zero attached hydrogens (tertiary/aromatic N) is 3. The SMILES string of the molecule is COC(=O)c1cc(-c2ccc(Br)cc2)c2c(O)nn(C3CCCCC3)c2n1. The maximum absolute atomic E-state index is 12.2. The van der Waals surface area contributed by atoms with E-state index in [1.807, 2.05) is 24.3 Å². The molecule has 1 saturated carbocycles. The van der Waals surface area contributed by atoms with Gasteiger partial charge in [-0.3, -0.25) is 0 Å². The second kappa shape index (κ2) is 7.31. The number of carbonyl (C=O) groups excluding carboxylic acids is 1. The minimum absolute atomic E-state index is 0.0580. The average Bonchev–Trinajstić information content (AvgIpc) is 3.04. The molecule has 6 nitrogen and oxygen atoms in total. The number of halogens is 1. The Morgan fingerprint density at radius 1 is 1.22 bits per heavy atom. The van der Waals surface area contributed by atoms with Crippen molar-refractivity contribution in [2.75, 3.05) is 7.11 Å². The zero-order valence-electron chi connectivity index (χ0n) is 15.0. The number of rotatable bonds is 3. The molecular formula is C20H20BrN3O3. The van der Waals surface area contributed by atoms with E-state index in [-0.39, 0.29) is 17.6 Å². The number of fused-ring (bicyclic) bond motifs is 1. The van der Waals surface area contributed by atoms with Gasteiger partial charge in [-0.25, -0.2) is 14.5 Å². The number of hydrogen-bond acceptors (Lipinski definition) is 5. The van der Waals surface area contributed by atoms with Crippen LogP contribution in [0, 0.1) is 0 Å². The molecule has 140 valence electrons. The molecule has 0 spiro atoms. The largest absolute Gasteiger partial charge is 0.492 e. The molecule has 27 heavy (non-hydrogen) atoms. The Morgan fingerprint density at radius 2 is 1.93 bits per heavy atom. The van der Waals surface area contributed by atoms with E-state index in [2.05, 4.69) is 26.0 Å². The Hall–Kier alpha value is -2.41. The number of aromatic hydroxyl groups is 1. The third kappa shape index (κ3) is 3.32. The van der Waals surface area contributed by atoms with Crippen LogP contribution in [0.2, 0.25) is 0 Å². The Bertz CT molecular complexity index is 992. The van der Waals surface area contributed by atoms with E-state index in [1.165, 1.54) is 13.5 Å². The van der Waals surface area contributed by atoms with Gasteiger partial charge < -0.3 is 9.84 Å². The van der Waals surface area contributed by atoms with Crippen molar-refractivity contribution in [2.45, 2.75) is 38.1 Å². The van der Waals surface area contributed by atoms with E-state index >= 15 is 0 Å². The summed E-state index contributed by atoms with van der Waals surface area (Å²) in [5.74, 6) is -0.566. The predicted molar refractivity (Wildman–Crippen MR) is 106 cm³/mol. The van der Waals surface area contributed by atoms with Crippen LogP contribution in [0.15, 0.2) is 34.8 Å². The Labute approximate surface area is 165 Å². The molecule has 0 unspecified atom stereocenters. The summed E-state index contributed by atoms with van der Waals surface area (Å²) in [4.78, 5) is 16.7. The third-order valence-electron chi connectivity index (χ3n) is 5.11. The van der Waals surface area contributed by atoms with Gasteiger partial charge in [0.05, 0.1) is 18.5 Å². The molecule has 1 fully saturated rings. The van der Waals surface area contributed by atoms with Crippen molar-refractivity contribution < 1.29 is 14.6 Å². The van der Waals surface area contributed by atoms with Crippen molar-refractivity contribution in [1.82, 2.24) is 14.8 Å². The number of aromatic nitrogens is 3. The molecular weight excluding hydrogens is 410 g/mol. The summed E-state index contributed by atoms with van der Waals surface area (Å²) in [5.41, 5.74) is 2.32. The van der Waals surface area contributed by atoms with Gasteiger partial charge in [0.1, 0.15) is 0 Å². The van der Waals surface area contributed by atoms with Crippen molar-refractivity contribution in [3.63, 3.8) is 0 Å². The van der Waals surface area contributed by atoms with Gasteiger partial charge in [-0.2, -0.15) is 0 Å². The summed E-state index contributed by atoms with van der Waals surface area (Å²) in [6.07, 6.45) is 5.46. The number of methoxy groups -OCH3 is 1. The number of benzene rings is 1. The molecule has 0 saturated heterocycles. The monoisotopic (exact) mass is 429 g/mol. The number of esters is 1. The van der Waals surface area contributed by atoms with Crippen molar-refractivity contribution in [2.24, 2.45) is 0 Å². The van der Waals surface area contributed by atoms with E-state index in [9.17, 15) is 9.90 Å². The summed E-state index contributed by atoms with van der Waals surface area (Å²) in [6.45, 7) is 0. The topological polar surface area (TPSA) is 77.2 Å². The number of hydrogen-bond donors (Lipinski definition) is 1. The van der Waals surface area contributed by atoms with Gasteiger partial charge in [0, 0.05) is 10.0 Å². The van der Waals surface area contributed by atoms with E-state index in [1.54, 1.807) is 10.7 Å². The lowest BCUT2D eigenvalue weighted by molar-refractivity contribution is 0.0594.